The summed E-state index contributed by atoms with van der Waals surface area (Å²) < 4.78 is 0. The van der Waals surface area contributed by atoms with Crippen LogP contribution in [0.1, 0.15) is 20.3 Å². The standard InChI is InChI=1S/C9H14N4O4/c1-4(2)3-5(8(15)16)10-6-7(14)11-9(17)13-12-6/h4-5H,3H2,1-2H3,(H,10,12)(H,15,16)(H2,11,13,14,17). The van der Waals surface area contributed by atoms with Crippen molar-refractivity contribution in [2.75, 3.05) is 5.32 Å². The number of nitrogens with zero attached hydrogens (tertiary/aromatic N) is 1. The second kappa shape index (κ2) is 5.28. The van der Waals surface area contributed by atoms with Gasteiger partial charge in [0.25, 0.3) is 5.56 Å². The molecule has 1 aromatic heterocycles. The van der Waals surface area contributed by atoms with Crippen LogP contribution in [0, 0.1) is 5.92 Å². The van der Waals surface area contributed by atoms with E-state index in [1.54, 1.807) is 0 Å². The van der Waals surface area contributed by atoms with Gasteiger partial charge in [0, 0.05) is 0 Å². The molecule has 1 heterocycles. The number of aromatic nitrogens is 3. The van der Waals surface area contributed by atoms with Gasteiger partial charge in [0.15, 0.2) is 0 Å². The Bertz CT molecular complexity index is 504. The summed E-state index contributed by atoms with van der Waals surface area (Å²) in [7, 11) is 0. The summed E-state index contributed by atoms with van der Waals surface area (Å²) in [5.74, 6) is -1.14. The van der Waals surface area contributed by atoms with Crippen LogP contribution in [0.4, 0.5) is 5.82 Å². The third-order valence-corrected chi connectivity index (χ3v) is 2.03. The van der Waals surface area contributed by atoms with E-state index in [-0.39, 0.29) is 11.7 Å². The number of hydrogen-bond acceptors (Lipinski definition) is 5. The molecular weight excluding hydrogens is 228 g/mol. The first-order valence-corrected chi connectivity index (χ1v) is 5.08. The molecule has 0 aliphatic rings. The Kier molecular flexibility index (Phi) is 4.02. The van der Waals surface area contributed by atoms with Crippen LogP contribution in [0.15, 0.2) is 9.59 Å². The third kappa shape index (κ3) is 3.74. The molecule has 0 amide bonds. The first-order chi connectivity index (χ1) is 7.90. The summed E-state index contributed by atoms with van der Waals surface area (Å²) in [5.41, 5.74) is -1.49. The van der Waals surface area contributed by atoms with E-state index in [0.717, 1.165) is 0 Å². The summed E-state index contributed by atoms with van der Waals surface area (Å²) in [6.45, 7) is 3.73. The smallest absolute Gasteiger partial charge is 0.342 e. The van der Waals surface area contributed by atoms with Crippen molar-refractivity contribution < 1.29 is 9.90 Å². The van der Waals surface area contributed by atoms with E-state index in [2.05, 4.69) is 10.4 Å². The minimum Gasteiger partial charge on any atom is -0.480 e. The lowest BCUT2D eigenvalue weighted by molar-refractivity contribution is -0.138. The maximum atomic E-state index is 11.3. The number of nitrogens with one attached hydrogen (secondary N) is 3. The Hall–Kier alpha value is -2.12. The Morgan fingerprint density at radius 3 is 2.59 bits per heavy atom. The summed E-state index contributed by atoms with van der Waals surface area (Å²) >= 11 is 0. The second-order valence-electron chi connectivity index (χ2n) is 4.02. The molecule has 4 N–H and O–H groups in total. The number of carboxylic acids is 1. The first kappa shape index (κ1) is 12.9. The quantitative estimate of drug-likeness (QED) is 0.544. The highest BCUT2D eigenvalue weighted by atomic mass is 16.4. The van der Waals surface area contributed by atoms with E-state index in [1.165, 1.54) is 0 Å². The van der Waals surface area contributed by atoms with Crippen LogP contribution in [0.5, 0.6) is 0 Å². The normalized spacial score (nSPS) is 12.4. The Morgan fingerprint density at radius 2 is 2.12 bits per heavy atom. The molecular formula is C9H14N4O4. The maximum Gasteiger partial charge on any atom is 0.342 e. The number of rotatable bonds is 5. The van der Waals surface area contributed by atoms with Crippen molar-refractivity contribution in [3.63, 3.8) is 0 Å². The van der Waals surface area contributed by atoms with Gasteiger partial charge in [-0.2, -0.15) is 0 Å². The number of aromatic amines is 2. The molecule has 0 spiro atoms. The van der Waals surface area contributed by atoms with Crippen molar-refractivity contribution in [1.82, 2.24) is 15.2 Å². The van der Waals surface area contributed by atoms with Crippen LogP contribution >= 0.6 is 0 Å². The Morgan fingerprint density at radius 1 is 1.47 bits per heavy atom. The van der Waals surface area contributed by atoms with Crippen molar-refractivity contribution in [3.8, 4) is 0 Å². The highest BCUT2D eigenvalue weighted by molar-refractivity contribution is 5.76. The van der Waals surface area contributed by atoms with Crippen molar-refractivity contribution in [2.24, 2.45) is 5.92 Å². The molecule has 0 saturated carbocycles. The van der Waals surface area contributed by atoms with Gasteiger partial charge in [-0.05, 0) is 12.3 Å². The molecule has 0 saturated heterocycles. The lowest BCUT2D eigenvalue weighted by Crippen LogP contribution is -2.35. The zero-order valence-corrected chi connectivity index (χ0v) is 9.48. The molecule has 0 aliphatic carbocycles. The van der Waals surface area contributed by atoms with Gasteiger partial charge in [0.1, 0.15) is 6.04 Å². The molecule has 1 aromatic rings. The molecule has 8 heteroatoms. The molecule has 1 atom stereocenters. The van der Waals surface area contributed by atoms with Crippen LogP contribution in [0.2, 0.25) is 0 Å². The summed E-state index contributed by atoms with van der Waals surface area (Å²) in [6, 6.07) is -0.922. The third-order valence-electron chi connectivity index (χ3n) is 2.03. The highest BCUT2D eigenvalue weighted by Crippen LogP contribution is 2.08. The SMILES string of the molecule is CC(C)CC(Nc1n[nH]c(=O)[nH]c1=O)C(=O)O. The lowest BCUT2D eigenvalue weighted by Gasteiger charge is -2.15. The monoisotopic (exact) mass is 242 g/mol. The maximum absolute atomic E-state index is 11.3. The minimum atomic E-state index is -1.08. The van der Waals surface area contributed by atoms with Crippen LogP contribution in [-0.4, -0.2) is 32.3 Å². The van der Waals surface area contributed by atoms with Gasteiger partial charge in [-0.15, -0.1) is 5.10 Å². The number of carboxylic acid groups (broad SMARTS) is 1. The average Bonchev–Trinajstić information content (AvgIpc) is 2.19. The molecule has 0 aromatic carbocycles. The van der Waals surface area contributed by atoms with E-state index >= 15 is 0 Å². The molecule has 94 valence electrons. The summed E-state index contributed by atoms with van der Waals surface area (Å²) in [4.78, 5) is 34.9. The van der Waals surface area contributed by atoms with Crippen LogP contribution in [0.25, 0.3) is 0 Å². The van der Waals surface area contributed by atoms with Crippen molar-refractivity contribution in [1.29, 1.82) is 0 Å². The number of aliphatic carboxylic acids is 1. The van der Waals surface area contributed by atoms with Crippen LogP contribution in [-0.2, 0) is 4.79 Å². The fourth-order valence-corrected chi connectivity index (χ4v) is 1.30. The zero-order chi connectivity index (χ0) is 13.0. The molecule has 0 bridgehead atoms. The largest absolute Gasteiger partial charge is 0.480 e. The van der Waals surface area contributed by atoms with Gasteiger partial charge < -0.3 is 10.4 Å². The highest BCUT2D eigenvalue weighted by Gasteiger charge is 2.20. The van der Waals surface area contributed by atoms with Gasteiger partial charge in [0.05, 0.1) is 0 Å². The predicted molar refractivity (Wildman–Crippen MR) is 60.0 cm³/mol. The summed E-state index contributed by atoms with van der Waals surface area (Å²) in [6.07, 6.45) is 0.343. The molecule has 8 nitrogen and oxygen atoms in total. The lowest BCUT2D eigenvalue weighted by atomic mass is 10.0. The number of carbonyl (C=O) groups is 1. The van der Waals surface area contributed by atoms with Crippen LogP contribution < -0.4 is 16.6 Å². The van der Waals surface area contributed by atoms with Crippen molar-refractivity contribution >= 4 is 11.8 Å². The van der Waals surface area contributed by atoms with E-state index in [0.29, 0.717) is 6.42 Å². The van der Waals surface area contributed by atoms with Crippen molar-refractivity contribution in [3.05, 3.63) is 20.8 Å². The fraction of sp³-hybridized carbons (Fsp3) is 0.556. The van der Waals surface area contributed by atoms with E-state index in [9.17, 15) is 14.4 Å². The molecule has 1 rings (SSSR count). The average molecular weight is 242 g/mol. The Balaban J connectivity index is 2.90. The molecule has 0 aliphatic heterocycles. The zero-order valence-electron chi connectivity index (χ0n) is 9.48. The second-order valence-corrected chi connectivity index (χ2v) is 4.02. The number of hydrogen-bond donors (Lipinski definition) is 4. The van der Waals surface area contributed by atoms with E-state index in [4.69, 9.17) is 5.11 Å². The van der Waals surface area contributed by atoms with Gasteiger partial charge >= 0.3 is 11.7 Å². The van der Waals surface area contributed by atoms with Gasteiger partial charge in [-0.25, -0.2) is 14.7 Å². The number of H-pyrrole nitrogens is 2. The van der Waals surface area contributed by atoms with E-state index in [1.807, 2.05) is 23.9 Å². The summed E-state index contributed by atoms with van der Waals surface area (Å²) in [5, 5.41) is 16.9. The minimum absolute atomic E-state index is 0.144. The molecule has 0 radical (unpaired) electrons. The van der Waals surface area contributed by atoms with E-state index < -0.39 is 23.3 Å². The van der Waals surface area contributed by atoms with Gasteiger partial charge in [0.2, 0.25) is 5.82 Å². The fourth-order valence-electron chi connectivity index (χ4n) is 1.30. The molecule has 17 heavy (non-hydrogen) atoms. The predicted octanol–water partition coefficient (Wildman–Crippen LogP) is -0.631. The first-order valence-electron chi connectivity index (χ1n) is 5.08. The van der Waals surface area contributed by atoms with Gasteiger partial charge in [-0.3, -0.25) is 9.78 Å². The van der Waals surface area contributed by atoms with Crippen molar-refractivity contribution in [2.45, 2.75) is 26.3 Å². The van der Waals surface area contributed by atoms with Gasteiger partial charge in [-0.1, -0.05) is 13.8 Å². The topological polar surface area (TPSA) is 128 Å². The Labute approximate surface area is 96.1 Å². The molecule has 0 fully saturated rings. The molecule has 1 unspecified atom stereocenters. The van der Waals surface area contributed by atoms with Crippen LogP contribution in [0.3, 0.4) is 0 Å². The number of anilines is 1.